The van der Waals surface area contributed by atoms with Gasteiger partial charge in [0.1, 0.15) is 10.9 Å². The minimum Gasteiger partial charge on any atom is -0.406 e. The molecule has 4 N–H and O–H groups in total. The largest absolute Gasteiger partial charge is 0.573 e. The van der Waals surface area contributed by atoms with Crippen molar-refractivity contribution in [2.45, 2.75) is 44.9 Å². The molecule has 0 saturated heterocycles. The van der Waals surface area contributed by atoms with E-state index in [9.17, 15) is 22.8 Å². The van der Waals surface area contributed by atoms with Crippen molar-refractivity contribution in [3.8, 4) is 5.75 Å². The minimum atomic E-state index is -4.81. The van der Waals surface area contributed by atoms with E-state index in [2.05, 4.69) is 35.7 Å². The highest BCUT2D eigenvalue weighted by Crippen LogP contribution is 2.23. The number of thioether (sulfide) groups is 1. The summed E-state index contributed by atoms with van der Waals surface area (Å²) in [5.41, 5.74) is 1.83. The van der Waals surface area contributed by atoms with Crippen LogP contribution in [0, 0.1) is 0 Å². The molecule has 0 atom stereocenters. The number of unbranched alkanes of at least 4 members (excludes halogenated alkanes) is 2. The number of hydrazone groups is 1. The first-order valence-corrected chi connectivity index (χ1v) is 13.7. The topological polar surface area (TPSA) is 144 Å². The zero-order valence-electron chi connectivity index (χ0n) is 21.7. The van der Waals surface area contributed by atoms with Crippen LogP contribution in [0.25, 0.3) is 0 Å². The molecule has 2 aromatic heterocycles. The number of anilines is 1. The first-order chi connectivity index (χ1) is 19.6. The molecule has 0 aliphatic heterocycles. The van der Waals surface area contributed by atoms with Crippen LogP contribution in [0.3, 0.4) is 0 Å². The highest BCUT2D eigenvalue weighted by atomic mass is 35.5. The Labute approximate surface area is 243 Å². The number of alkyl halides is 3. The number of aryl methyl sites for hydroxylation is 1. The zero-order chi connectivity index (χ0) is 29.7. The summed E-state index contributed by atoms with van der Waals surface area (Å²) in [5.74, 6) is 5.24. The number of pyridine rings is 1. The molecule has 0 radical (unpaired) electrons. The van der Waals surface area contributed by atoms with Gasteiger partial charge in [0.25, 0.3) is 0 Å². The van der Waals surface area contributed by atoms with Crippen molar-refractivity contribution >= 4 is 46.2 Å². The van der Waals surface area contributed by atoms with Crippen molar-refractivity contribution in [1.29, 1.82) is 0 Å². The van der Waals surface area contributed by atoms with E-state index in [-0.39, 0.29) is 24.6 Å². The number of nitrogens with two attached hydrogens (primary N) is 1. The maximum absolute atomic E-state index is 12.4. The second kappa shape index (κ2) is 15.8. The lowest BCUT2D eigenvalue weighted by molar-refractivity contribution is -0.274. The van der Waals surface area contributed by atoms with E-state index in [1.807, 2.05) is 0 Å². The summed E-state index contributed by atoms with van der Waals surface area (Å²) < 4.78 is 41.0. The number of amides is 2. The van der Waals surface area contributed by atoms with Gasteiger partial charge in [0, 0.05) is 11.9 Å². The van der Waals surface area contributed by atoms with Gasteiger partial charge in [-0.2, -0.15) is 10.2 Å². The van der Waals surface area contributed by atoms with Gasteiger partial charge in [0.15, 0.2) is 11.0 Å². The van der Waals surface area contributed by atoms with E-state index in [1.165, 1.54) is 30.1 Å². The molecule has 2 amide bonds. The molecule has 1 aromatic carbocycles. The first kappa shape index (κ1) is 31.6. The molecule has 0 aliphatic carbocycles. The third-order valence-corrected chi connectivity index (χ3v) is 6.51. The number of hydrogen-bond donors (Lipinski definition) is 3. The molecule has 3 aromatic rings. The molecule has 2 heterocycles. The van der Waals surface area contributed by atoms with Crippen LogP contribution in [0.4, 0.5) is 19.0 Å². The van der Waals surface area contributed by atoms with Crippen molar-refractivity contribution in [2.75, 3.05) is 11.1 Å². The normalized spacial score (nSPS) is 11.7. The van der Waals surface area contributed by atoms with Gasteiger partial charge in [-0.05, 0) is 60.7 Å². The number of amidine groups is 1. The third-order valence-electron chi connectivity index (χ3n) is 5.32. The van der Waals surface area contributed by atoms with Crippen molar-refractivity contribution in [3.05, 3.63) is 76.7 Å². The van der Waals surface area contributed by atoms with Crippen LogP contribution in [-0.2, 0) is 28.9 Å². The minimum absolute atomic E-state index is 0.127. The van der Waals surface area contributed by atoms with Crippen LogP contribution >= 0.6 is 23.4 Å². The molecule has 3 rings (SSSR count). The number of aromatic nitrogens is 3. The van der Waals surface area contributed by atoms with Gasteiger partial charge in [-0.1, -0.05) is 48.0 Å². The Bertz CT molecular complexity index is 1330. The first-order valence-electron chi connectivity index (χ1n) is 12.4. The molecule has 15 heteroatoms. The van der Waals surface area contributed by atoms with Crippen molar-refractivity contribution in [3.63, 3.8) is 0 Å². The van der Waals surface area contributed by atoms with Gasteiger partial charge in [0.05, 0.1) is 18.5 Å². The number of halogens is 4. The van der Waals surface area contributed by atoms with Crippen molar-refractivity contribution < 1.29 is 27.5 Å². The number of carbonyl (C=O) groups is 2. The lowest BCUT2D eigenvalue weighted by Gasteiger charge is -2.10. The number of nitrogens with zero attached hydrogens (tertiary/aromatic N) is 4. The van der Waals surface area contributed by atoms with Crippen LogP contribution in [0.15, 0.2) is 59.8 Å². The Kier molecular flexibility index (Phi) is 12.2. The van der Waals surface area contributed by atoms with E-state index in [1.54, 1.807) is 24.3 Å². The highest BCUT2D eigenvalue weighted by molar-refractivity contribution is 8.13. The number of hydrogen-bond acceptors (Lipinski definition) is 9. The molecule has 10 nitrogen and oxygen atoms in total. The summed E-state index contributed by atoms with van der Waals surface area (Å²) in [5, 5.41) is 17.7. The summed E-state index contributed by atoms with van der Waals surface area (Å²) in [6.45, 7) is 0. The van der Waals surface area contributed by atoms with Gasteiger partial charge in [-0.3, -0.25) is 9.59 Å². The van der Waals surface area contributed by atoms with Gasteiger partial charge < -0.3 is 21.2 Å². The average Bonchev–Trinajstić information content (AvgIpc) is 2.91. The SMILES string of the molecule is NN=C(NC(=O)Cc1ccc(Cl)nc1)SCCCCCc1ccc(NC(=O)Cc2cccc(OC(F)(F)F)c2)nn1. The standard InChI is InChI=1S/C26H27ClF3N7O3S/c27-21-10-8-18(16-32-21)15-24(39)34-25(35-31)41-12-3-1-2-6-19-9-11-22(37-36-19)33-23(38)14-17-5-4-7-20(13-17)40-26(28,29)30/h4-5,7-11,13,16H,1-3,6,12,14-15,31H2,(H,33,37,38)(H,34,35,39). The highest BCUT2D eigenvalue weighted by Gasteiger charge is 2.31. The van der Waals surface area contributed by atoms with E-state index in [0.717, 1.165) is 42.7 Å². The summed E-state index contributed by atoms with van der Waals surface area (Å²) in [4.78, 5) is 28.4. The molecule has 218 valence electrons. The van der Waals surface area contributed by atoms with Crippen LogP contribution in [0.1, 0.15) is 36.1 Å². The van der Waals surface area contributed by atoms with Crippen LogP contribution in [-0.4, -0.2) is 44.3 Å². The maximum atomic E-state index is 12.4. The summed E-state index contributed by atoms with van der Waals surface area (Å²) >= 11 is 7.10. The van der Waals surface area contributed by atoms with E-state index in [0.29, 0.717) is 28.1 Å². The quantitative estimate of drug-likeness (QED) is 0.0673. The predicted octanol–water partition coefficient (Wildman–Crippen LogP) is 4.64. The number of nitrogens with one attached hydrogen (secondary N) is 2. The van der Waals surface area contributed by atoms with Gasteiger partial charge in [0.2, 0.25) is 11.8 Å². The average molecular weight is 610 g/mol. The molecule has 0 fully saturated rings. The fourth-order valence-electron chi connectivity index (χ4n) is 3.50. The van der Waals surface area contributed by atoms with Gasteiger partial charge in [-0.15, -0.1) is 18.3 Å². The van der Waals surface area contributed by atoms with Gasteiger partial charge in [-0.25, -0.2) is 4.98 Å². The Morgan fingerprint density at radius 2 is 1.80 bits per heavy atom. The summed E-state index contributed by atoms with van der Waals surface area (Å²) in [6, 6.07) is 11.9. The Morgan fingerprint density at radius 1 is 1.00 bits per heavy atom. The van der Waals surface area contributed by atoms with Gasteiger partial charge >= 0.3 is 6.36 Å². The Hall–Kier alpha value is -3.91. The van der Waals surface area contributed by atoms with E-state index < -0.39 is 18.0 Å². The molecule has 0 spiro atoms. The number of benzene rings is 1. The second-order valence-corrected chi connectivity index (χ2v) is 10.1. The number of ether oxygens (including phenoxy) is 1. The van der Waals surface area contributed by atoms with Crippen LogP contribution in [0.2, 0.25) is 5.15 Å². The summed E-state index contributed by atoms with van der Waals surface area (Å²) in [7, 11) is 0. The molecule has 0 unspecified atom stereocenters. The molecule has 0 aliphatic rings. The van der Waals surface area contributed by atoms with E-state index in [4.69, 9.17) is 17.4 Å². The van der Waals surface area contributed by atoms with Crippen molar-refractivity contribution in [2.24, 2.45) is 10.9 Å². The fourth-order valence-corrected chi connectivity index (χ4v) is 4.42. The van der Waals surface area contributed by atoms with E-state index >= 15 is 0 Å². The Morgan fingerprint density at radius 3 is 2.49 bits per heavy atom. The lowest BCUT2D eigenvalue weighted by atomic mass is 10.1. The van der Waals surface area contributed by atoms with Crippen molar-refractivity contribution in [1.82, 2.24) is 20.5 Å². The fraction of sp³-hybridized carbons (Fsp3) is 0.308. The molecule has 0 saturated carbocycles. The Balaban J connectivity index is 1.31. The lowest BCUT2D eigenvalue weighted by Crippen LogP contribution is -2.30. The zero-order valence-corrected chi connectivity index (χ0v) is 23.2. The monoisotopic (exact) mass is 609 g/mol. The third kappa shape index (κ3) is 12.4. The van der Waals surface area contributed by atoms with Crippen LogP contribution in [0.5, 0.6) is 5.75 Å². The molecular formula is C26H27ClF3N7O3S. The number of carbonyl (C=O) groups excluding carboxylic acids is 2. The molecule has 41 heavy (non-hydrogen) atoms. The molecule has 0 bridgehead atoms. The second-order valence-electron chi connectivity index (χ2n) is 8.64. The summed E-state index contributed by atoms with van der Waals surface area (Å²) in [6.07, 6.45) is -0.0183. The predicted molar refractivity (Wildman–Crippen MR) is 150 cm³/mol. The smallest absolute Gasteiger partial charge is 0.406 e. The number of rotatable bonds is 12. The van der Waals surface area contributed by atoms with Crippen LogP contribution < -0.4 is 21.2 Å². The molecular weight excluding hydrogens is 583 g/mol. The maximum Gasteiger partial charge on any atom is 0.573 e.